The minimum absolute atomic E-state index is 0.0872. The number of benzene rings is 1. The van der Waals surface area contributed by atoms with Crippen molar-refractivity contribution in [1.82, 2.24) is 25.0 Å². The van der Waals surface area contributed by atoms with Gasteiger partial charge in [-0.25, -0.2) is 13.9 Å². The fraction of sp³-hybridized carbons (Fsp3) is 0.273. The second-order valence-corrected chi connectivity index (χ2v) is 7.40. The van der Waals surface area contributed by atoms with E-state index in [1.54, 1.807) is 30.7 Å². The van der Waals surface area contributed by atoms with Crippen LogP contribution in [0.4, 0.5) is 15.0 Å². The van der Waals surface area contributed by atoms with Gasteiger partial charge in [0.1, 0.15) is 17.4 Å². The molecule has 2 amide bonds. The van der Waals surface area contributed by atoms with Gasteiger partial charge in [-0.3, -0.25) is 15.2 Å². The van der Waals surface area contributed by atoms with Gasteiger partial charge in [0, 0.05) is 50.3 Å². The van der Waals surface area contributed by atoms with Crippen LogP contribution in [0.1, 0.15) is 24.0 Å². The number of halogens is 1. The van der Waals surface area contributed by atoms with Crippen molar-refractivity contribution in [2.45, 2.75) is 25.4 Å². The fourth-order valence-electron chi connectivity index (χ4n) is 3.66. The summed E-state index contributed by atoms with van der Waals surface area (Å²) < 4.78 is 15.2. The highest BCUT2D eigenvalue weighted by atomic mass is 19.1. The van der Waals surface area contributed by atoms with Gasteiger partial charge in [-0.1, -0.05) is 6.07 Å². The Bertz CT molecular complexity index is 1080. The summed E-state index contributed by atoms with van der Waals surface area (Å²) in [6.07, 6.45) is 6.89. The van der Waals surface area contributed by atoms with Crippen molar-refractivity contribution >= 4 is 11.8 Å². The second-order valence-electron chi connectivity index (χ2n) is 7.40. The maximum Gasteiger partial charge on any atom is 0.320 e. The van der Waals surface area contributed by atoms with E-state index < -0.39 is 5.82 Å². The molecule has 0 bridgehead atoms. The number of carbonyl (C=O) groups excluding carboxylic acids is 1. The Labute approximate surface area is 179 Å². The summed E-state index contributed by atoms with van der Waals surface area (Å²) in [5, 5.41) is 19.1. The molecule has 4 rings (SSSR count). The third-order valence-corrected chi connectivity index (χ3v) is 5.26. The van der Waals surface area contributed by atoms with Crippen molar-refractivity contribution in [3.8, 4) is 11.8 Å². The van der Waals surface area contributed by atoms with E-state index in [0.717, 1.165) is 32.5 Å². The van der Waals surface area contributed by atoms with Crippen LogP contribution in [0.2, 0.25) is 0 Å². The first-order chi connectivity index (χ1) is 15.1. The third kappa shape index (κ3) is 5.05. The van der Waals surface area contributed by atoms with Crippen LogP contribution in [-0.2, 0) is 6.54 Å². The molecule has 9 heteroatoms. The van der Waals surface area contributed by atoms with Gasteiger partial charge in [0.05, 0.1) is 5.69 Å². The summed E-state index contributed by atoms with van der Waals surface area (Å²) in [6, 6.07) is 11.5. The monoisotopic (exact) mass is 419 g/mol. The van der Waals surface area contributed by atoms with Gasteiger partial charge in [0.15, 0.2) is 5.82 Å². The molecule has 0 unspecified atom stereocenters. The first-order valence-corrected chi connectivity index (χ1v) is 10.1. The van der Waals surface area contributed by atoms with Crippen LogP contribution in [0.15, 0.2) is 55.0 Å². The van der Waals surface area contributed by atoms with E-state index in [9.17, 15) is 14.4 Å². The number of amides is 2. The molecule has 0 radical (unpaired) electrons. The number of carbonyl (C=O) groups is 1. The van der Waals surface area contributed by atoms with E-state index in [2.05, 4.69) is 25.6 Å². The topological polar surface area (TPSA) is 98.9 Å². The van der Waals surface area contributed by atoms with Crippen molar-refractivity contribution in [2.24, 2.45) is 0 Å². The van der Waals surface area contributed by atoms with E-state index in [4.69, 9.17) is 0 Å². The van der Waals surface area contributed by atoms with Crippen LogP contribution in [-0.4, -0.2) is 44.8 Å². The Morgan fingerprint density at radius 1 is 1.19 bits per heavy atom. The van der Waals surface area contributed by atoms with Crippen molar-refractivity contribution in [1.29, 1.82) is 5.26 Å². The number of urea groups is 1. The van der Waals surface area contributed by atoms with Crippen LogP contribution >= 0.6 is 0 Å². The normalized spacial score (nSPS) is 14.7. The minimum atomic E-state index is -0.613. The highest BCUT2D eigenvalue weighted by molar-refractivity contribution is 5.88. The SMILES string of the molecule is N#Cc1c(F)cccc1-n1ccc(NC(=O)NC2CCN(Cc3ccncc3)CC2)n1. The van der Waals surface area contributed by atoms with Gasteiger partial charge in [-0.15, -0.1) is 5.10 Å². The molecule has 0 aliphatic carbocycles. The van der Waals surface area contributed by atoms with Crippen molar-refractivity contribution in [3.63, 3.8) is 0 Å². The predicted molar refractivity (Wildman–Crippen MR) is 113 cm³/mol. The first-order valence-electron chi connectivity index (χ1n) is 10.1. The molecular formula is C22H22FN7O. The summed E-state index contributed by atoms with van der Waals surface area (Å²) in [7, 11) is 0. The number of hydrogen-bond acceptors (Lipinski definition) is 5. The third-order valence-electron chi connectivity index (χ3n) is 5.26. The Balaban J connectivity index is 1.29. The lowest BCUT2D eigenvalue weighted by Gasteiger charge is -2.32. The van der Waals surface area contributed by atoms with Gasteiger partial charge < -0.3 is 5.32 Å². The van der Waals surface area contributed by atoms with Crippen molar-refractivity contribution in [3.05, 3.63) is 71.9 Å². The van der Waals surface area contributed by atoms with E-state index in [-0.39, 0.29) is 17.6 Å². The molecule has 2 aromatic heterocycles. The largest absolute Gasteiger partial charge is 0.335 e. The second kappa shape index (κ2) is 9.36. The van der Waals surface area contributed by atoms with Gasteiger partial charge >= 0.3 is 6.03 Å². The summed E-state index contributed by atoms with van der Waals surface area (Å²) in [5.74, 6) is -0.293. The number of rotatable bonds is 5. The van der Waals surface area contributed by atoms with Crippen molar-refractivity contribution < 1.29 is 9.18 Å². The number of nitriles is 1. The number of pyridine rings is 1. The van der Waals surface area contributed by atoms with Crippen LogP contribution in [0.25, 0.3) is 5.69 Å². The average Bonchev–Trinajstić information content (AvgIpc) is 3.24. The number of aromatic nitrogens is 3. The molecule has 158 valence electrons. The van der Waals surface area contributed by atoms with Crippen LogP contribution in [0.5, 0.6) is 0 Å². The predicted octanol–water partition coefficient (Wildman–Crippen LogP) is 3.06. The summed E-state index contributed by atoms with van der Waals surface area (Å²) in [5.41, 5.74) is 1.45. The molecule has 0 saturated carbocycles. The van der Waals surface area contributed by atoms with E-state index in [1.165, 1.54) is 22.4 Å². The number of likely N-dealkylation sites (tertiary alicyclic amines) is 1. The number of nitrogens with zero attached hydrogens (tertiary/aromatic N) is 5. The number of piperidine rings is 1. The zero-order valence-corrected chi connectivity index (χ0v) is 16.8. The number of hydrogen-bond donors (Lipinski definition) is 2. The van der Waals surface area contributed by atoms with Crippen LogP contribution < -0.4 is 10.6 Å². The molecule has 1 aromatic carbocycles. The highest BCUT2D eigenvalue weighted by Gasteiger charge is 2.21. The minimum Gasteiger partial charge on any atom is -0.335 e. The molecule has 2 N–H and O–H groups in total. The van der Waals surface area contributed by atoms with Crippen LogP contribution in [0.3, 0.4) is 0 Å². The van der Waals surface area contributed by atoms with Crippen LogP contribution in [0, 0.1) is 17.1 Å². The Kier molecular flexibility index (Phi) is 6.19. The summed E-state index contributed by atoms with van der Waals surface area (Å²) in [4.78, 5) is 18.8. The van der Waals surface area contributed by atoms with Gasteiger partial charge in [0.25, 0.3) is 0 Å². The smallest absolute Gasteiger partial charge is 0.320 e. The van der Waals surface area contributed by atoms with E-state index in [0.29, 0.717) is 11.5 Å². The molecule has 0 spiro atoms. The molecule has 1 aliphatic rings. The van der Waals surface area contributed by atoms with E-state index >= 15 is 0 Å². The maximum absolute atomic E-state index is 13.8. The molecule has 3 aromatic rings. The van der Waals surface area contributed by atoms with Crippen molar-refractivity contribution in [2.75, 3.05) is 18.4 Å². The lowest BCUT2D eigenvalue weighted by Crippen LogP contribution is -2.45. The lowest BCUT2D eigenvalue weighted by molar-refractivity contribution is 0.190. The fourth-order valence-corrected chi connectivity index (χ4v) is 3.66. The zero-order valence-electron chi connectivity index (χ0n) is 16.8. The van der Waals surface area contributed by atoms with Gasteiger partial charge in [0.2, 0.25) is 0 Å². The van der Waals surface area contributed by atoms with E-state index in [1.807, 2.05) is 18.2 Å². The quantitative estimate of drug-likeness (QED) is 0.662. The number of nitrogens with one attached hydrogen (secondary N) is 2. The number of anilines is 1. The summed E-state index contributed by atoms with van der Waals surface area (Å²) >= 11 is 0. The molecule has 8 nitrogen and oxygen atoms in total. The average molecular weight is 419 g/mol. The molecule has 3 heterocycles. The molecule has 0 atom stereocenters. The molecule has 1 fully saturated rings. The maximum atomic E-state index is 13.8. The Morgan fingerprint density at radius 3 is 2.71 bits per heavy atom. The molecular weight excluding hydrogens is 397 g/mol. The molecule has 1 aliphatic heterocycles. The molecule has 1 saturated heterocycles. The zero-order chi connectivity index (χ0) is 21.6. The highest BCUT2D eigenvalue weighted by Crippen LogP contribution is 2.18. The Hall–Kier alpha value is -3.77. The van der Waals surface area contributed by atoms with Gasteiger partial charge in [-0.2, -0.15) is 5.26 Å². The lowest BCUT2D eigenvalue weighted by atomic mass is 10.0. The standard InChI is InChI=1S/C22H22FN7O/c23-19-2-1-3-20(18(19)14-24)30-13-8-21(28-30)27-22(31)26-17-6-11-29(12-7-17)15-16-4-9-25-10-5-16/h1-5,8-10,13,17H,6-7,11-12,15H2,(H2,26,27,28,31). The Morgan fingerprint density at radius 2 is 1.97 bits per heavy atom. The summed E-state index contributed by atoms with van der Waals surface area (Å²) in [6.45, 7) is 2.68. The molecule has 31 heavy (non-hydrogen) atoms. The first kappa shape index (κ1) is 20.5. The van der Waals surface area contributed by atoms with Gasteiger partial charge in [-0.05, 0) is 42.7 Å².